The number of aromatic nitrogens is 2. The van der Waals surface area contributed by atoms with Crippen molar-refractivity contribution in [2.75, 3.05) is 24.3 Å². The van der Waals surface area contributed by atoms with Crippen molar-refractivity contribution in [2.24, 2.45) is 0 Å². The third-order valence-electron chi connectivity index (χ3n) is 2.98. The van der Waals surface area contributed by atoms with Gasteiger partial charge in [-0.05, 0) is 25.5 Å². The van der Waals surface area contributed by atoms with Crippen LogP contribution in [0.2, 0.25) is 5.15 Å². The number of hydrogen-bond donors (Lipinski definition) is 1. The Morgan fingerprint density at radius 2 is 2.35 bits per heavy atom. The Morgan fingerprint density at radius 3 is 3.06 bits per heavy atom. The first-order valence-corrected chi connectivity index (χ1v) is 7.31. The summed E-state index contributed by atoms with van der Waals surface area (Å²) in [4.78, 5) is 10.7. The van der Waals surface area contributed by atoms with Crippen molar-refractivity contribution in [2.45, 2.75) is 30.5 Å². The van der Waals surface area contributed by atoms with Crippen molar-refractivity contribution in [3.05, 3.63) is 11.2 Å². The largest absolute Gasteiger partial charge is 0.394 e. The van der Waals surface area contributed by atoms with Crippen LogP contribution in [-0.4, -0.2) is 40.5 Å². The highest BCUT2D eigenvalue weighted by Crippen LogP contribution is 2.26. The normalized spacial score (nSPS) is 20.6. The number of aliphatic hydroxyl groups excluding tert-OH is 1. The van der Waals surface area contributed by atoms with Crippen LogP contribution in [0.1, 0.15) is 19.3 Å². The lowest BCUT2D eigenvalue weighted by Gasteiger charge is -2.35. The number of thioether (sulfide) groups is 1. The number of rotatable bonds is 3. The predicted molar refractivity (Wildman–Crippen MR) is 70.9 cm³/mol. The van der Waals surface area contributed by atoms with Gasteiger partial charge in [0.15, 0.2) is 5.16 Å². The highest BCUT2D eigenvalue weighted by molar-refractivity contribution is 7.98. The smallest absolute Gasteiger partial charge is 0.190 e. The molecule has 4 nitrogen and oxygen atoms in total. The Bertz CT molecular complexity index is 391. The third kappa shape index (κ3) is 3.03. The quantitative estimate of drug-likeness (QED) is 0.520. The van der Waals surface area contributed by atoms with E-state index >= 15 is 0 Å². The first kappa shape index (κ1) is 12.9. The highest BCUT2D eigenvalue weighted by atomic mass is 35.5. The van der Waals surface area contributed by atoms with Crippen molar-refractivity contribution >= 4 is 29.2 Å². The van der Waals surface area contributed by atoms with Gasteiger partial charge in [-0.2, -0.15) is 0 Å². The van der Waals surface area contributed by atoms with Gasteiger partial charge in [0.05, 0.1) is 12.6 Å². The second-order valence-electron chi connectivity index (χ2n) is 4.06. The number of halogens is 1. The van der Waals surface area contributed by atoms with Crippen LogP contribution >= 0.6 is 23.4 Å². The van der Waals surface area contributed by atoms with Crippen LogP contribution in [0.5, 0.6) is 0 Å². The molecule has 1 saturated heterocycles. The minimum atomic E-state index is 0.157. The number of anilines is 1. The summed E-state index contributed by atoms with van der Waals surface area (Å²) >= 11 is 7.46. The van der Waals surface area contributed by atoms with Crippen LogP contribution in [0.15, 0.2) is 11.2 Å². The van der Waals surface area contributed by atoms with Crippen LogP contribution in [0.25, 0.3) is 0 Å². The Labute approximate surface area is 110 Å². The Kier molecular flexibility index (Phi) is 4.48. The molecule has 0 aliphatic carbocycles. The van der Waals surface area contributed by atoms with E-state index in [1.807, 2.05) is 6.26 Å². The zero-order chi connectivity index (χ0) is 12.3. The number of hydrogen-bond acceptors (Lipinski definition) is 5. The molecular formula is C11H16ClN3OS. The first-order valence-electron chi connectivity index (χ1n) is 5.70. The van der Waals surface area contributed by atoms with E-state index in [-0.39, 0.29) is 12.6 Å². The minimum Gasteiger partial charge on any atom is -0.394 e. The predicted octanol–water partition coefficient (Wildman–Crippen LogP) is 2.20. The zero-order valence-electron chi connectivity index (χ0n) is 9.77. The molecule has 1 aliphatic rings. The molecule has 0 spiro atoms. The van der Waals surface area contributed by atoms with Crippen LogP contribution in [0.3, 0.4) is 0 Å². The van der Waals surface area contributed by atoms with E-state index in [4.69, 9.17) is 11.6 Å². The highest BCUT2D eigenvalue weighted by Gasteiger charge is 2.23. The number of nitrogens with zero attached hydrogens (tertiary/aromatic N) is 3. The van der Waals surface area contributed by atoms with Crippen LogP contribution in [0.4, 0.5) is 5.82 Å². The molecule has 0 aromatic carbocycles. The monoisotopic (exact) mass is 273 g/mol. The lowest BCUT2D eigenvalue weighted by Crippen LogP contribution is -2.42. The zero-order valence-corrected chi connectivity index (χ0v) is 11.3. The van der Waals surface area contributed by atoms with Crippen LogP contribution in [-0.2, 0) is 0 Å². The molecule has 1 atom stereocenters. The summed E-state index contributed by atoms with van der Waals surface area (Å²) in [5.74, 6) is 0.827. The fraction of sp³-hybridized carbons (Fsp3) is 0.636. The average molecular weight is 274 g/mol. The van der Waals surface area contributed by atoms with E-state index < -0.39 is 0 Å². The molecule has 2 rings (SSSR count). The van der Waals surface area contributed by atoms with Crippen LogP contribution in [0, 0.1) is 0 Å². The maximum absolute atomic E-state index is 9.40. The molecule has 1 fully saturated rings. The summed E-state index contributed by atoms with van der Waals surface area (Å²) in [5, 5.41) is 10.5. The summed E-state index contributed by atoms with van der Waals surface area (Å²) in [6, 6.07) is 1.93. The van der Waals surface area contributed by atoms with Gasteiger partial charge in [0.25, 0.3) is 0 Å². The van der Waals surface area contributed by atoms with Crippen molar-refractivity contribution in [3.8, 4) is 0 Å². The standard InChI is InChI=1S/C11H16ClN3OS/c1-17-11-13-9(12)6-10(14-11)15-5-3-2-4-8(15)7-16/h6,8,16H,2-5,7H2,1H3. The molecule has 1 unspecified atom stereocenters. The van der Waals surface area contributed by atoms with Gasteiger partial charge in [0.1, 0.15) is 11.0 Å². The van der Waals surface area contributed by atoms with Crippen molar-refractivity contribution in [3.63, 3.8) is 0 Å². The maximum atomic E-state index is 9.40. The van der Waals surface area contributed by atoms with E-state index in [0.717, 1.165) is 31.6 Å². The molecule has 0 bridgehead atoms. The lowest BCUT2D eigenvalue weighted by molar-refractivity contribution is 0.239. The molecule has 17 heavy (non-hydrogen) atoms. The molecule has 0 saturated carbocycles. The Balaban J connectivity index is 2.27. The van der Waals surface area contributed by atoms with Gasteiger partial charge in [-0.3, -0.25) is 0 Å². The summed E-state index contributed by atoms with van der Waals surface area (Å²) in [6.45, 7) is 1.09. The van der Waals surface area contributed by atoms with Crippen molar-refractivity contribution in [1.82, 2.24) is 9.97 Å². The summed E-state index contributed by atoms with van der Waals surface area (Å²) in [7, 11) is 0. The van der Waals surface area contributed by atoms with E-state index in [1.165, 1.54) is 11.8 Å². The van der Waals surface area contributed by atoms with Gasteiger partial charge < -0.3 is 10.0 Å². The third-order valence-corrected chi connectivity index (χ3v) is 3.72. The molecule has 1 aromatic heterocycles. The van der Waals surface area contributed by atoms with Gasteiger partial charge in [-0.1, -0.05) is 23.4 Å². The molecule has 1 aliphatic heterocycles. The lowest BCUT2D eigenvalue weighted by atomic mass is 10.0. The summed E-state index contributed by atoms with van der Waals surface area (Å²) < 4.78 is 0. The Hall–Kier alpha value is -0.520. The van der Waals surface area contributed by atoms with Gasteiger partial charge in [0, 0.05) is 12.6 Å². The van der Waals surface area contributed by atoms with Gasteiger partial charge >= 0.3 is 0 Å². The molecule has 1 aromatic rings. The molecule has 6 heteroatoms. The molecule has 94 valence electrons. The van der Waals surface area contributed by atoms with Crippen molar-refractivity contribution in [1.29, 1.82) is 0 Å². The van der Waals surface area contributed by atoms with Crippen LogP contribution < -0.4 is 4.90 Å². The fourth-order valence-corrected chi connectivity index (χ4v) is 2.72. The van der Waals surface area contributed by atoms with E-state index in [9.17, 15) is 5.11 Å². The van der Waals surface area contributed by atoms with Gasteiger partial charge in [-0.15, -0.1) is 0 Å². The van der Waals surface area contributed by atoms with Crippen molar-refractivity contribution < 1.29 is 5.11 Å². The molecule has 0 radical (unpaired) electrons. The van der Waals surface area contributed by atoms with E-state index in [1.54, 1.807) is 6.07 Å². The molecular weight excluding hydrogens is 258 g/mol. The molecule has 0 amide bonds. The minimum absolute atomic E-state index is 0.157. The topological polar surface area (TPSA) is 49.2 Å². The summed E-state index contributed by atoms with van der Waals surface area (Å²) in [5.41, 5.74) is 0. The average Bonchev–Trinajstić information content (AvgIpc) is 2.37. The SMILES string of the molecule is CSc1nc(Cl)cc(N2CCCCC2CO)n1. The molecule has 2 heterocycles. The molecule has 1 N–H and O–H groups in total. The maximum Gasteiger partial charge on any atom is 0.190 e. The van der Waals surface area contributed by atoms with Gasteiger partial charge in [-0.25, -0.2) is 9.97 Å². The van der Waals surface area contributed by atoms with Gasteiger partial charge in [0.2, 0.25) is 0 Å². The fourth-order valence-electron chi connectivity index (χ4n) is 2.12. The Morgan fingerprint density at radius 1 is 1.53 bits per heavy atom. The van der Waals surface area contributed by atoms with E-state index in [0.29, 0.717) is 10.3 Å². The first-order chi connectivity index (χ1) is 8.24. The van der Waals surface area contributed by atoms with E-state index in [2.05, 4.69) is 14.9 Å². The second-order valence-corrected chi connectivity index (χ2v) is 5.22. The second kappa shape index (κ2) is 5.89. The summed E-state index contributed by atoms with van der Waals surface area (Å²) in [6.07, 6.45) is 5.23. The number of piperidine rings is 1. The number of aliphatic hydroxyl groups is 1.